The standard InChI is InChI=1S/C14H20F2N2O/c1-2-19-12-4-3-11(13(15)14(12)16)5-8-18-9-6-17-7-10-18/h3-4,17H,2,5-10H2,1H3. The third kappa shape index (κ3) is 3.64. The van der Waals surface area contributed by atoms with E-state index in [0.29, 0.717) is 18.6 Å². The summed E-state index contributed by atoms with van der Waals surface area (Å²) in [6.45, 7) is 6.67. The summed E-state index contributed by atoms with van der Waals surface area (Å²) in [4.78, 5) is 2.25. The van der Waals surface area contributed by atoms with Gasteiger partial charge >= 0.3 is 0 Å². The zero-order chi connectivity index (χ0) is 13.7. The van der Waals surface area contributed by atoms with E-state index in [-0.39, 0.29) is 5.75 Å². The van der Waals surface area contributed by atoms with Gasteiger partial charge in [-0.25, -0.2) is 4.39 Å². The van der Waals surface area contributed by atoms with Gasteiger partial charge in [0.25, 0.3) is 0 Å². The van der Waals surface area contributed by atoms with E-state index in [0.717, 1.165) is 32.7 Å². The summed E-state index contributed by atoms with van der Waals surface area (Å²) in [7, 11) is 0. The number of nitrogens with zero attached hydrogens (tertiary/aromatic N) is 1. The fourth-order valence-corrected chi connectivity index (χ4v) is 2.25. The second-order valence-corrected chi connectivity index (χ2v) is 4.63. The summed E-state index contributed by atoms with van der Waals surface area (Å²) >= 11 is 0. The first-order valence-corrected chi connectivity index (χ1v) is 6.75. The molecule has 0 aliphatic carbocycles. The number of ether oxygens (including phenoxy) is 1. The lowest BCUT2D eigenvalue weighted by Crippen LogP contribution is -2.44. The first kappa shape index (κ1) is 14.2. The first-order chi connectivity index (χ1) is 9.22. The largest absolute Gasteiger partial charge is 0.491 e. The van der Waals surface area contributed by atoms with E-state index in [1.165, 1.54) is 6.07 Å². The van der Waals surface area contributed by atoms with Crippen molar-refractivity contribution in [2.24, 2.45) is 0 Å². The number of nitrogens with one attached hydrogen (secondary N) is 1. The topological polar surface area (TPSA) is 24.5 Å². The molecule has 0 saturated carbocycles. The van der Waals surface area contributed by atoms with Crippen LogP contribution in [-0.2, 0) is 6.42 Å². The Bertz CT molecular complexity index is 420. The van der Waals surface area contributed by atoms with Crippen molar-refractivity contribution in [1.29, 1.82) is 0 Å². The summed E-state index contributed by atoms with van der Waals surface area (Å²) in [6.07, 6.45) is 0.523. The molecule has 0 amide bonds. The Morgan fingerprint density at radius 1 is 1.21 bits per heavy atom. The molecule has 0 radical (unpaired) electrons. The van der Waals surface area contributed by atoms with E-state index < -0.39 is 11.6 Å². The third-order valence-corrected chi connectivity index (χ3v) is 3.33. The zero-order valence-electron chi connectivity index (χ0n) is 11.2. The molecule has 2 rings (SSSR count). The van der Waals surface area contributed by atoms with Crippen LogP contribution in [0.15, 0.2) is 12.1 Å². The Balaban J connectivity index is 1.98. The molecule has 1 aliphatic heterocycles. The Hall–Kier alpha value is -1.20. The second kappa shape index (κ2) is 6.82. The van der Waals surface area contributed by atoms with Crippen molar-refractivity contribution >= 4 is 0 Å². The van der Waals surface area contributed by atoms with E-state index in [2.05, 4.69) is 10.2 Å². The molecule has 1 saturated heterocycles. The normalized spacial score (nSPS) is 16.6. The number of rotatable bonds is 5. The van der Waals surface area contributed by atoms with E-state index in [4.69, 9.17) is 4.74 Å². The Labute approximate surface area is 112 Å². The van der Waals surface area contributed by atoms with E-state index >= 15 is 0 Å². The summed E-state index contributed by atoms with van der Waals surface area (Å²) in [5.41, 5.74) is 0.416. The van der Waals surface area contributed by atoms with Crippen LogP contribution < -0.4 is 10.1 Å². The molecule has 106 valence electrons. The van der Waals surface area contributed by atoms with Gasteiger partial charge in [0.2, 0.25) is 5.82 Å². The van der Waals surface area contributed by atoms with Gasteiger partial charge in [-0.15, -0.1) is 0 Å². The second-order valence-electron chi connectivity index (χ2n) is 4.63. The minimum Gasteiger partial charge on any atom is -0.491 e. The molecule has 0 spiro atoms. The van der Waals surface area contributed by atoms with Crippen LogP contribution in [0.4, 0.5) is 8.78 Å². The Kier molecular flexibility index (Phi) is 5.10. The minimum atomic E-state index is -0.875. The summed E-state index contributed by atoms with van der Waals surface area (Å²) < 4.78 is 32.6. The number of hydrogen-bond acceptors (Lipinski definition) is 3. The smallest absolute Gasteiger partial charge is 0.200 e. The molecule has 19 heavy (non-hydrogen) atoms. The van der Waals surface area contributed by atoms with Crippen LogP contribution >= 0.6 is 0 Å². The highest BCUT2D eigenvalue weighted by Gasteiger charge is 2.16. The monoisotopic (exact) mass is 270 g/mol. The number of hydrogen-bond donors (Lipinski definition) is 1. The lowest BCUT2D eigenvalue weighted by atomic mass is 10.1. The Morgan fingerprint density at radius 3 is 2.63 bits per heavy atom. The molecular formula is C14H20F2N2O. The average molecular weight is 270 g/mol. The van der Waals surface area contributed by atoms with E-state index in [1.807, 2.05) is 0 Å². The lowest BCUT2D eigenvalue weighted by molar-refractivity contribution is 0.242. The summed E-state index contributed by atoms with van der Waals surface area (Å²) in [5, 5.41) is 3.26. The fraction of sp³-hybridized carbons (Fsp3) is 0.571. The van der Waals surface area contributed by atoms with Crippen LogP contribution in [0, 0.1) is 11.6 Å². The van der Waals surface area contributed by atoms with Gasteiger partial charge in [-0.2, -0.15) is 4.39 Å². The summed E-state index contributed by atoms with van der Waals surface area (Å²) in [5.74, 6) is -1.66. The van der Waals surface area contributed by atoms with Crippen LogP contribution in [-0.4, -0.2) is 44.2 Å². The molecule has 1 heterocycles. The van der Waals surface area contributed by atoms with Crippen molar-refractivity contribution < 1.29 is 13.5 Å². The molecule has 5 heteroatoms. The maximum atomic E-state index is 13.9. The molecule has 3 nitrogen and oxygen atoms in total. The molecule has 1 aromatic carbocycles. The minimum absolute atomic E-state index is 0.00841. The molecular weight excluding hydrogens is 250 g/mol. The quantitative estimate of drug-likeness (QED) is 0.883. The van der Waals surface area contributed by atoms with Crippen LogP contribution in [0.1, 0.15) is 12.5 Å². The lowest BCUT2D eigenvalue weighted by Gasteiger charge is -2.27. The van der Waals surface area contributed by atoms with Gasteiger partial charge in [0.05, 0.1) is 6.61 Å². The molecule has 0 bridgehead atoms. The van der Waals surface area contributed by atoms with Crippen LogP contribution in [0.5, 0.6) is 5.75 Å². The number of benzene rings is 1. The van der Waals surface area contributed by atoms with Gasteiger partial charge in [0.15, 0.2) is 11.6 Å². The average Bonchev–Trinajstić information content (AvgIpc) is 2.44. The van der Waals surface area contributed by atoms with Crippen molar-refractivity contribution in [2.75, 3.05) is 39.3 Å². The zero-order valence-corrected chi connectivity index (χ0v) is 11.2. The maximum absolute atomic E-state index is 13.9. The van der Waals surface area contributed by atoms with Crippen molar-refractivity contribution in [1.82, 2.24) is 10.2 Å². The maximum Gasteiger partial charge on any atom is 0.200 e. The van der Waals surface area contributed by atoms with Crippen molar-refractivity contribution in [3.05, 3.63) is 29.3 Å². The van der Waals surface area contributed by atoms with Gasteiger partial charge in [0.1, 0.15) is 0 Å². The van der Waals surface area contributed by atoms with Crippen LogP contribution in [0.3, 0.4) is 0 Å². The van der Waals surface area contributed by atoms with Gasteiger partial charge in [-0.05, 0) is 25.0 Å². The molecule has 1 N–H and O–H groups in total. The van der Waals surface area contributed by atoms with Crippen LogP contribution in [0.25, 0.3) is 0 Å². The highest BCUT2D eigenvalue weighted by molar-refractivity contribution is 5.31. The van der Waals surface area contributed by atoms with Gasteiger partial charge in [-0.3, -0.25) is 0 Å². The summed E-state index contributed by atoms with van der Waals surface area (Å²) in [6, 6.07) is 3.13. The Morgan fingerprint density at radius 2 is 1.95 bits per heavy atom. The highest BCUT2D eigenvalue weighted by atomic mass is 19.2. The molecule has 1 aromatic rings. The predicted octanol–water partition coefficient (Wildman–Crippen LogP) is 1.81. The molecule has 0 atom stereocenters. The van der Waals surface area contributed by atoms with Gasteiger partial charge < -0.3 is 15.0 Å². The SMILES string of the molecule is CCOc1ccc(CCN2CCNCC2)c(F)c1F. The molecule has 1 aliphatic rings. The van der Waals surface area contributed by atoms with Gasteiger partial charge in [-0.1, -0.05) is 6.07 Å². The molecule has 0 unspecified atom stereocenters. The number of halogens is 2. The highest BCUT2D eigenvalue weighted by Crippen LogP contribution is 2.23. The van der Waals surface area contributed by atoms with Crippen molar-refractivity contribution in [3.63, 3.8) is 0 Å². The third-order valence-electron chi connectivity index (χ3n) is 3.33. The van der Waals surface area contributed by atoms with Crippen molar-refractivity contribution in [2.45, 2.75) is 13.3 Å². The van der Waals surface area contributed by atoms with Gasteiger partial charge in [0, 0.05) is 32.7 Å². The van der Waals surface area contributed by atoms with E-state index in [9.17, 15) is 8.78 Å². The van der Waals surface area contributed by atoms with Crippen molar-refractivity contribution in [3.8, 4) is 5.75 Å². The predicted molar refractivity (Wildman–Crippen MR) is 70.5 cm³/mol. The number of piperazine rings is 1. The molecule has 0 aromatic heterocycles. The fourth-order valence-electron chi connectivity index (χ4n) is 2.25. The molecule has 1 fully saturated rings. The van der Waals surface area contributed by atoms with Crippen LogP contribution in [0.2, 0.25) is 0 Å². The first-order valence-electron chi connectivity index (χ1n) is 6.75. The van der Waals surface area contributed by atoms with E-state index in [1.54, 1.807) is 13.0 Å².